The van der Waals surface area contributed by atoms with Crippen LogP contribution in [0.4, 0.5) is 14.5 Å². The van der Waals surface area contributed by atoms with Crippen molar-refractivity contribution in [1.82, 2.24) is 0 Å². The van der Waals surface area contributed by atoms with Crippen LogP contribution in [0.2, 0.25) is 5.02 Å². The van der Waals surface area contributed by atoms with Crippen molar-refractivity contribution in [2.75, 3.05) is 6.61 Å². The minimum atomic E-state index is -0.793. The average Bonchev–Trinajstić information content (AvgIpc) is 2.48. The van der Waals surface area contributed by atoms with Gasteiger partial charge in [0.1, 0.15) is 17.6 Å². The van der Waals surface area contributed by atoms with Crippen LogP contribution in [0.25, 0.3) is 0 Å². The third kappa shape index (κ3) is 4.86. The first-order valence-electron chi connectivity index (χ1n) is 6.92. The Kier molecular flexibility index (Phi) is 5.82. The lowest BCUT2D eigenvalue weighted by Gasteiger charge is -2.11. The molecular formula is C17H14ClF2NO2. The van der Waals surface area contributed by atoms with Crippen LogP contribution in [0.1, 0.15) is 18.4 Å². The summed E-state index contributed by atoms with van der Waals surface area (Å²) in [5.41, 5.74) is 0.694. The summed E-state index contributed by atoms with van der Waals surface area (Å²) in [6, 6.07) is 9.51. The Hall–Kier alpha value is -2.27. The largest absolute Gasteiger partial charge is 0.465 e. The molecule has 0 aliphatic rings. The molecule has 2 aromatic rings. The second-order valence-corrected chi connectivity index (χ2v) is 5.12. The third-order valence-corrected chi connectivity index (χ3v) is 3.24. The van der Waals surface area contributed by atoms with Gasteiger partial charge >= 0.3 is 5.97 Å². The lowest BCUT2D eigenvalue weighted by Crippen LogP contribution is -2.17. The van der Waals surface area contributed by atoms with E-state index in [4.69, 9.17) is 16.3 Å². The summed E-state index contributed by atoms with van der Waals surface area (Å²) >= 11 is 5.83. The summed E-state index contributed by atoms with van der Waals surface area (Å²) in [6.07, 6.45) is 1.30. The van der Waals surface area contributed by atoms with Crippen LogP contribution >= 0.6 is 11.6 Å². The van der Waals surface area contributed by atoms with Gasteiger partial charge in [-0.25, -0.2) is 8.78 Å². The van der Waals surface area contributed by atoms with Gasteiger partial charge in [0.25, 0.3) is 0 Å². The van der Waals surface area contributed by atoms with Gasteiger partial charge in [-0.15, -0.1) is 0 Å². The van der Waals surface area contributed by atoms with Crippen molar-refractivity contribution in [2.45, 2.75) is 12.8 Å². The molecule has 3 nitrogen and oxygen atoms in total. The summed E-state index contributed by atoms with van der Waals surface area (Å²) < 4.78 is 31.4. The molecule has 0 heterocycles. The first-order chi connectivity index (χ1) is 11.0. The van der Waals surface area contributed by atoms with Crippen LogP contribution in [0, 0.1) is 11.6 Å². The Bertz CT molecular complexity index is 697. The Morgan fingerprint density at radius 3 is 2.39 bits per heavy atom. The lowest BCUT2D eigenvalue weighted by atomic mass is 10.0. The minimum absolute atomic E-state index is 0.0748. The molecule has 1 atom stereocenters. The van der Waals surface area contributed by atoms with E-state index in [9.17, 15) is 13.6 Å². The molecule has 0 spiro atoms. The first kappa shape index (κ1) is 17.1. The summed E-state index contributed by atoms with van der Waals surface area (Å²) in [5, 5.41) is 0.528. The van der Waals surface area contributed by atoms with E-state index >= 15 is 0 Å². The molecule has 2 aromatic carbocycles. The molecule has 6 heteroatoms. The minimum Gasteiger partial charge on any atom is -0.465 e. The van der Waals surface area contributed by atoms with Crippen molar-refractivity contribution in [3.8, 4) is 0 Å². The van der Waals surface area contributed by atoms with Crippen LogP contribution in [0.15, 0.2) is 47.5 Å². The number of esters is 1. The third-order valence-electron chi connectivity index (χ3n) is 2.99. The molecule has 2 rings (SSSR count). The average molecular weight is 338 g/mol. The van der Waals surface area contributed by atoms with E-state index in [2.05, 4.69) is 4.99 Å². The topological polar surface area (TPSA) is 38.7 Å². The SMILES string of the molecule is CCOC(=O)C(C=Nc1cc(F)cc(F)c1)c1ccc(Cl)cc1. The molecule has 0 saturated heterocycles. The van der Waals surface area contributed by atoms with E-state index in [1.165, 1.54) is 6.21 Å². The molecule has 0 amide bonds. The van der Waals surface area contributed by atoms with Crippen LogP contribution < -0.4 is 0 Å². The van der Waals surface area contributed by atoms with Crippen molar-refractivity contribution < 1.29 is 18.3 Å². The van der Waals surface area contributed by atoms with Crippen molar-refractivity contribution >= 4 is 29.5 Å². The molecule has 0 aromatic heterocycles. The van der Waals surface area contributed by atoms with Crippen molar-refractivity contribution in [1.29, 1.82) is 0 Å². The smallest absolute Gasteiger partial charge is 0.318 e. The summed E-state index contributed by atoms with van der Waals surface area (Å²) in [6.45, 7) is 1.90. The maximum atomic E-state index is 13.2. The predicted molar refractivity (Wildman–Crippen MR) is 85.3 cm³/mol. The molecule has 1 unspecified atom stereocenters. The van der Waals surface area contributed by atoms with Gasteiger partial charge in [-0.1, -0.05) is 23.7 Å². The molecule has 120 valence electrons. The standard InChI is InChI=1S/C17H14ClF2NO2/c1-2-23-17(22)16(11-3-5-12(18)6-4-11)10-21-15-8-13(19)7-14(20)9-15/h3-10,16H,2H2,1H3. The number of ether oxygens (including phenoxy) is 1. The molecule has 23 heavy (non-hydrogen) atoms. The van der Waals surface area contributed by atoms with Crippen LogP contribution in [0.5, 0.6) is 0 Å². The van der Waals surface area contributed by atoms with E-state index in [-0.39, 0.29) is 12.3 Å². The Morgan fingerprint density at radius 1 is 1.22 bits per heavy atom. The monoisotopic (exact) mass is 337 g/mol. The van der Waals surface area contributed by atoms with Gasteiger partial charge in [-0.05, 0) is 36.8 Å². The predicted octanol–water partition coefficient (Wildman–Crippen LogP) is 4.67. The second-order valence-electron chi connectivity index (χ2n) is 4.69. The number of hydrogen-bond acceptors (Lipinski definition) is 3. The number of nitrogens with zero attached hydrogens (tertiary/aromatic N) is 1. The number of halogens is 3. The number of rotatable bonds is 5. The van der Waals surface area contributed by atoms with E-state index in [0.29, 0.717) is 10.6 Å². The van der Waals surface area contributed by atoms with E-state index in [1.54, 1.807) is 31.2 Å². The van der Waals surface area contributed by atoms with Crippen LogP contribution in [-0.4, -0.2) is 18.8 Å². The molecule has 0 aliphatic carbocycles. The van der Waals surface area contributed by atoms with Crippen molar-refractivity contribution in [3.63, 3.8) is 0 Å². The number of benzene rings is 2. The second kappa shape index (κ2) is 7.83. The van der Waals surface area contributed by atoms with Crippen LogP contribution in [-0.2, 0) is 9.53 Å². The molecule has 0 N–H and O–H groups in total. The lowest BCUT2D eigenvalue weighted by molar-refractivity contribution is -0.143. The van der Waals surface area contributed by atoms with Crippen molar-refractivity contribution in [2.24, 2.45) is 4.99 Å². The summed E-state index contributed by atoms with van der Waals surface area (Å²) in [5.74, 6) is -2.78. The molecule has 0 bridgehead atoms. The van der Waals surface area contributed by atoms with E-state index in [0.717, 1.165) is 18.2 Å². The van der Waals surface area contributed by atoms with Gasteiger partial charge in [0.05, 0.1) is 12.3 Å². The Labute approximate surface area is 137 Å². The summed E-state index contributed by atoms with van der Waals surface area (Å²) in [7, 11) is 0. The highest BCUT2D eigenvalue weighted by molar-refractivity contribution is 6.30. The zero-order chi connectivity index (χ0) is 16.8. The number of carbonyl (C=O) groups is 1. The van der Waals surface area contributed by atoms with Gasteiger partial charge in [0, 0.05) is 17.3 Å². The fraction of sp³-hybridized carbons (Fsp3) is 0.176. The molecular weight excluding hydrogens is 324 g/mol. The highest BCUT2D eigenvalue weighted by atomic mass is 35.5. The fourth-order valence-corrected chi connectivity index (χ4v) is 2.09. The quantitative estimate of drug-likeness (QED) is 0.587. The summed E-state index contributed by atoms with van der Waals surface area (Å²) in [4.78, 5) is 16.1. The molecule has 0 aliphatic heterocycles. The Morgan fingerprint density at radius 2 is 1.83 bits per heavy atom. The normalized spacial score (nSPS) is 12.3. The molecule has 0 fully saturated rings. The number of carbonyl (C=O) groups excluding carboxylic acids is 1. The van der Waals surface area contributed by atoms with Gasteiger partial charge in [0.2, 0.25) is 0 Å². The highest BCUT2D eigenvalue weighted by Crippen LogP contribution is 2.21. The number of aliphatic imine (C=N–C) groups is 1. The van der Waals surface area contributed by atoms with E-state index < -0.39 is 23.5 Å². The number of hydrogen-bond donors (Lipinski definition) is 0. The zero-order valence-corrected chi connectivity index (χ0v) is 13.1. The van der Waals surface area contributed by atoms with Gasteiger partial charge < -0.3 is 4.74 Å². The van der Waals surface area contributed by atoms with E-state index in [1.807, 2.05) is 0 Å². The van der Waals surface area contributed by atoms with Gasteiger partial charge in [0.15, 0.2) is 0 Å². The van der Waals surface area contributed by atoms with Crippen molar-refractivity contribution in [3.05, 3.63) is 64.7 Å². The molecule has 0 radical (unpaired) electrons. The first-order valence-corrected chi connectivity index (χ1v) is 7.29. The zero-order valence-electron chi connectivity index (χ0n) is 12.3. The van der Waals surface area contributed by atoms with Gasteiger partial charge in [-0.3, -0.25) is 9.79 Å². The van der Waals surface area contributed by atoms with Gasteiger partial charge in [-0.2, -0.15) is 0 Å². The maximum absolute atomic E-state index is 13.2. The fourth-order valence-electron chi connectivity index (χ4n) is 1.96. The molecule has 0 saturated carbocycles. The highest BCUT2D eigenvalue weighted by Gasteiger charge is 2.20. The van der Waals surface area contributed by atoms with Crippen LogP contribution in [0.3, 0.4) is 0 Å². The Balaban J connectivity index is 2.31. The maximum Gasteiger partial charge on any atom is 0.318 e.